The van der Waals surface area contributed by atoms with Crippen molar-refractivity contribution in [1.82, 2.24) is 0 Å². The van der Waals surface area contributed by atoms with Gasteiger partial charge in [0, 0.05) is 24.3 Å². The maximum Gasteiger partial charge on any atom is 0.347 e. The fourth-order valence-corrected chi connectivity index (χ4v) is 4.35. The van der Waals surface area contributed by atoms with Crippen LogP contribution in [0.25, 0.3) is 11.1 Å². The molecule has 0 spiro atoms. The second kappa shape index (κ2) is 13.5. The fourth-order valence-electron chi connectivity index (χ4n) is 4.35. The summed E-state index contributed by atoms with van der Waals surface area (Å²) in [6.07, 6.45) is 0. The molecule has 0 bridgehead atoms. The lowest BCUT2D eigenvalue weighted by Gasteiger charge is -2.15. The van der Waals surface area contributed by atoms with Crippen molar-refractivity contribution in [1.29, 1.82) is 0 Å². The molecule has 0 fully saturated rings. The van der Waals surface area contributed by atoms with Crippen LogP contribution in [-0.4, -0.2) is 54.6 Å². The molecule has 10 nitrogen and oxygen atoms in total. The molecule has 0 unspecified atom stereocenters. The van der Waals surface area contributed by atoms with Crippen LogP contribution < -0.4 is 37.9 Å². The molecule has 4 aromatic carbocycles. The van der Waals surface area contributed by atoms with E-state index in [1.807, 2.05) is 31.2 Å². The molecular weight excluding hydrogens is 556 g/mol. The molecule has 224 valence electrons. The lowest BCUT2D eigenvalue weighted by Crippen LogP contribution is -2.11. The van der Waals surface area contributed by atoms with Crippen molar-refractivity contribution in [3.05, 3.63) is 83.4 Å². The summed E-state index contributed by atoms with van der Waals surface area (Å²) in [5.41, 5.74) is 2.86. The first-order chi connectivity index (χ1) is 20.8. The highest BCUT2D eigenvalue weighted by molar-refractivity contribution is 5.96. The largest absolute Gasteiger partial charge is 0.496 e. The number of hydrogen-bond donors (Lipinski definition) is 0. The van der Waals surface area contributed by atoms with Gasteiger partial charge in [-0.3, -0.25) is 0 Å². The van der Waals surface area contributed by atoms with Crippen molar-refractivity contribution in [2.45, 2.75) is 6.92 Å². The number of hydrogen-bond acceptors (Lipinski definition) is 10. The molecule has 0 saturated carbocycles. The molecule has 0 radical (unpaired) electrons. The van der Waals surface area contributed by atoms with Crippen LogP contribution in [0.1, 0.15) is 26.3 Å². The Morgan fingerprint density at radius 3 is 1.30 bits per heavy atom. The van der Waals surface area contributed by atoms with E-state index in [9.17, 15) is 9.59 Å². The lowest BCUT2D eigenvalue weighted by molar-refractivity contribution is 0.0720. The van der Waals surface area contributed by atoms with E-state index in [0.717, 1.165) is 16.7 Å². The zero-order valence-corrected chi connectivity index (χ0v) is 24.9. The average molecular weight is 589 g/mol. The quantitative estimate of drug-likeness (QED) is 0.149. The highest BCUT2D eigenvalue weighted by Crippen LogP contribution is 2.37. The third-order valence-electron chi connectivity index (χ3n) is 6.63. The number of carbonyl (C=O) groups excluding carboxylic acids is 2. The molecule has 43 heavy (non-hydrogen) atoms. The lowest BCUT2D eigenvalue weighted by atomic mass is 10.0. The third-order valence-corrected chi connectivity index (χ3v) is 6.63. The number of aryl methyl sites for hydroxylation is 1. The van der Waals surface area contributed by atoms with Gasteiger partial charge in [0.15, 0.2) is 23.0 Å². The smallest absolute Gasteiger partial charge is 0.347 e. The van der Waals surface area contributed by atoms with Crippen molar-refractivity contribution in [3.8, 4) is 57.1 Å². The summed E-state index contributed by atoms with van der Waals surface area (Å²) in [6.45, 7) is 1.84. The van der Waals surface area contributed by atoms with Crippen LogP contribution in [0.4, 0.5) is 0 Å². The Morgan fingerprint density at radius 1 is 0.442 bits per heavy atom. The Hall–Kier alpha value is -5.38. The molecular formula is C33H32O10. The summed E-state index contributed by atoms with van der Waals surface area (Å²) in [4.78, 5) is 26.0. The maximum atomic E-state index is 13.0. The molecule has 0 amide bonds. The molecule has 0 aliphatic heterocycles. The molecule has 0 saturated heterocycles. The van der Waals surface area contributed by atoms with Gasteiger partial charge in [-0.2, -0.15) is 0 Å². The molecule has 4 aromatic rings. The Bertz CT molecular complexity index is 1630. The molecule has 0 heterocycles. The number of rotatable bonds is 11. The first-order valence-corrected chi connectivity index (χ1v) is 13.0. The third kappa shape index (κ3) is 6.59. The standard InChI is InChI=1S/C33H32O10/c1-19-14-21(10-13-25(19)43-33(35)24-16-29(39-5)31(41-7)18-27(24)37-3)20-8-11-22(12-9-20)42-32(34)23-15-28(38-4)30(40-6)17-26(23)36-2/h8-18H,1-7H3. The monoisotopic (exact) mass is 588 g/mol. The van der Waals surface area contributed by atoms with Crippen LogP contribution in [0.3, 0.4) is 0 Å². The van der Waals surface area contributed by atoms with Gasteiger partial charge >= 0.3 is 11.9 Å². The van der Waals surface area contributed by atoms with Gasteiger partial charge in [0.2, 0.25) is 0 Å². The first kappa shape index (κ1) is 30.6. The summed E-state index contributed by atoms with van der Waals surface area (Å²) in [5.74, 6) is 1.70. The predicted molar refractivity (Wildman–Crippen MR) is 159 cm³/mol. The molecule has 0 aliphatic carbocycles. The van der Waals surface area contributed by atoms with Crippen LogP contribution >= 0.6 is 0 Å². The number of esters is 2. The van der Waals surface area contributed by atoms with Gasteiger partial charge in [-0.15, -0.1) is 0 Å². The highest BCUT2D eigenvalue weighted by atomic mass is 16.5. The Labute approximate surface area is 249 Å². The van der Waals surface area contributed by atoms with E-state index in [4.69, 9.17) is 37.9 Å². The van der Waals surface area contributed by atoms with Gasteiger partial charge in [0.25, 0.3) is 0 Å². The van der Waals surface area contributed by atoms with Crippen molar-refractivity contribution in [2.24, 2.45) is 0 Å². The molecule has 4 rings (SSSR count). The van der Waals surface area contributed by atoms with E-state index in [-0.39, 0.29) is 11.1 Å². The zero-order chi connectivity index (χ0) is 31.1. The van der Waals surface area contributed by atoms with Gasteiger partial charge in [-0.1, -0.05) is 18.2 Å². The fraction of sp³-hybridized carbons (Fsp3) is 0.212. The topological polar surface area (TPSA) is 108 Å². The van der Waals surface area contributed by atoms with Crippen LogP contribution in [0.5, 0.6) is 46.0 Å². The second-order valence-corrected chi connectivity index (χ2v) is 9.10. The minimum atomic E-state index is -0.612. The van der Waals surface area contributed by atoms with Crippen molar-refractivity contribution in [2.75, 3.05) is 42.7 Å². The van der Waals surface area contributed by atoms with E-state index < -0.39 is 11.9 Å². The SMILES string of the molecule is COc1cc(OC)c(C(=O)Oc2ccc(-c3ccc(OC(=O)c4cc(OC)c(OC)cc4OC)c(C)c3)cc2)cc1OC. The Balaban J connectivity index is 1.50. The maximum absolute atomic E-state index is 13.0. The van der Waals surface area contributed by atoms with Gasteiger partial charge in [-0.05, 0) is 47.9 Å². The predicted octanol–water partition coefficient (Wildman–Crippen LogP) is 6.15. The van der Waals surface area contributed by atoms with Gasteiger partial charge in [0.05, 0.1) is 42.7 Å². The van der Waals surface area contributed by atoms with E-state index in [1.54, 1.807) is 30.3 Å². The Morgan fingerprint density at radius 2 is 0.860 bits per heavy atom. The summed E-state index contributed by atoms with van der Waals surface area (Å²) in [7, 11) is 8.86. The van der Waals surface area contributed by atoms with E-state index >= 15 is 0 Å². The number of benzene rings is 4. The van der Waals surface area contributed by atoms with Gasteiger partial charge in [-0.25, -0.2) is 9.59 Å². The summed E-state index contributed by atoms with van der Waals surface area (Å²) >= 11 is 0. The summed E-state index contributed by atoms with van der Waals surface area (Å²) < 4.78 is 43.1. The summed E-state index contributed by atoms with van der Waals surface area (Å²) in [5, 5.41) is 0. The zero-order valence-electron chi connectivity index (χ0n) is 24.9. The number of methoxy groups -OCH3 is 6. The normalized spacial score (nSPS) is 10.4. The molecule has 0 aliphatic rings. The first-order valence-electron chi connectivity index (χ1n) is 13.0. The minimum Gasteiger partial charge on any atom is -0.496 e. The van der Waals surface area contributed by atoms with Crippen LogP contribution in [-0.2, 0) is 0 Å². The second-order valence-electron chi connectivity index (χ2n) is 9.10. The Kier molecular flexibility index (Phi) is 9.61. The minimum absolute atomic E-state index is 0.190. The number of ether oxygens (including phenoxy) is 8. The average Bonchev–Trinajstić information content (AvgIpc) is 3.04. The summed E-state index contributed by atoms with van der Waals surface area (Å²) in [6, 6.07) is 18.6. The van der Waals surface area contributed by atoms with Gasteiger partial charge < -0.3 is 37.9 Å². The molecule has 0 aromatic heterocycles. The van der Waals surface area contributed by atoms with Crippen molar-refractivity contribution in [3.63, 3.8) is 0 Å². The number of carbonyl (C=O) groups is 2. The van der Waals surface area contributed by atoms with Crippen LogP contribution in [0.15, 0.2) is 66.7 Å². The molecule has 0 atom stereocenters. The van der Waals surface area contributed by atoms with E-state index in [2.05, 4.69) is 0 Å². The van der Waals surface area contributed by atoms with Crippen LogP contribution in [0.2, 0.25) is 0 Å². The van der Waals surface area contributed by atoms with Gasteiger partial charge in [0.1, 0.15) is 34.1 Å². The van der Waals surface area contributed by atoms with Crippen molar-refractivity contribution < 1.29 is 47.5 Å². The van der Waals surface area contributed by atoms with Crippen molar-refractivity contribution >= 4 is 11.9 Å². The van der Waals surface area contributed by atoms with Crippen LogP contribution in [0, 0.1) is 6.92 Å². The van der Waals surface area contributed by atoms with E-state index in [1.165, 1.54) is 54.8 Å². The molecule has 0 N–H and O–H groups in total. The van der Waals surface area contributed by atoms with E-state index in [0.29, 0.717) is 46.0 Å². The highest BCUT2D eigenvalue weighted by Gasteiger charge is 2.21. The molecule has 10 heteroatoms.